The molecule has 0 aliphatic rings. The molecule has 0 radical (unpaired) electrons. The first-order chi connectivity index (χ1) is 21.0. The maximum absolute atomic E-state index is 14.7. The van der Waals surface area contributed by atoms with E-state index in [2.05, 4.69) is 0 Å². The van der Waals surface area contributed by atoms with Crippen LogP contribution in [0.5, 0.6) is 0 Å². The molecule has 0 N–H and O–H groups in total. The zero-order chi connectivity index (χ0) is 29.6. The molecular weight excluding hydrogens is 572 g/mol. The van der Waals surface area contributed by atoms with Crippen molar-refractivity contribution in [2.45, 2.75) is 11.2 Å². The number of hydrogen-bond acceptors (Lipinski definition) is 4. The molecule has 0 heterocycles. The summed E-state index contributed by atoms with van der Waals surface area (Å²) < 4.78 is 42.5. The Labute approximate surface area is 254 Å². The summed E-state index contributed by atoms with van der Waals surface area (Å²) in [6, 6.07) is 56.5. The van der Waals surface area contributed by atoms with Gasteiger partial charge in [-0.05, 0) is 0 Å². The molecule has 6 aromatic rings. The Morgan fingerprint density at radius 2 is 0.465 bits per heavy atom. The monoisotopic (exact) mass is 602 g/mol. The normalized spacial score (nSPS) is 12.1. The van der Waals surface area contributed by atoms with Gasteiger partial charge in [0.1, 0.15) is 0 Å². The Morgan fingerprint density at radius 3 is 0.628 bits per heavy atom. The fourth-order valence-corrected chi connectivity index (χ4v) is 7.56. The van der Waals surface area contributed by atoms with Crippen LogP contribution in [0.1, 0.15) is 33.4 Å². The van der Waals surface area contributed by atoms with Crippen molar-refractivity contribution in [2.24, 2.45) is 0 Å². The summed E-state index contributed by atoms with van der Waals surface area (Å²) in [4.78, 5) is 0. The molecule has 6 rings (SSSR count). The van der Waals surface area contributed by atoms with Gasteiger partial charge in [-0.1, -0.05) is 0 Å². The zero-order valence-electron chi connectivity index (χ0n) is 23.4. The van der Waals surface area contributed by atoms with Crippen molar-refractivity contribution >= 4 is 0 Å². The molecule has 4 nitrogen and oxygen atoms in total. The van der Waals surface area contributed by atoms with Gasteiger partial charge in [0.15, 0.2) is 0 Å². The fourth-order valence-electron chi connectivity index (χ4n) is 5.65. The van der Waals surface area contributed by atoms with Crippen molar-refractivity contribution in [1.82, 2.24) is 0 Å². The number of hydrogen-bond donors (Lipinski definition) is 0. The molecule has 5 heteroatoms. The average molecular weight is 603 g/mol. The van der Waals surface area contributed by atoms with E-state index in [0.717, 1.165) is 0 Å². The van der Waals surface area contributed by atoms with Gasteiger partial charge in [0, 0.05) is 0 Å². The van der Waals surface area contributed by atoms with Gasteiger partial charge in [0.05, 0.1) is 0 Å². The Bertz CT molecular complexity index is 1520. The molecule has 43 heavy (non-hydrogen) atoms. The van der Waals surface area contributed by atoms with E-state index < -0.39 is 24.8 Å². The van der Waals surface area contributed by atoms with Gasteiger partial charge in [-0.2, -0.15) is 0 Å². The van der Waals surface area contributed by atoms with Gasteiger partial charge in [-0.25, -0.2) is 0 Å². The van der Waals surface area contributed by atoms with Crippen LogP contribution in [-0.4, -0.2) is 0 Å². The molecule has 0 atom stereocenters. The zero-order valence-corrected chi connectivity index (χ0v) is 24.6. The summed E-state index contributed by atoms with van der Waals surface area (Å²) in [5.74, 6) is 0. The van der Waals surface area contributed by atoms with Crippen molar-refractivity contribution in [1.29, 1.82) is 0 Å². The summed E-state index contributed by atoms with van der Waals surface area (Å²) in [6.45, 7) is 0. The van der Waals surface area contributed by atoms with Crippen LogP contribution < -0.4 is 0 Å². The van der Waals surface area contributed by atoms with E-state index >= 15 is 0 Å². The van der Waals surface area contributed by atoms with Crippen LogP contribution in [0.3, 0.4) is 0 Å². The van der Waals surface area contributed by atoms with Crippen LogP contribution in [0.25, 0.3) is 0 Å². The summed E-state index contributed by atoms with van der Waals surface area (Å²) >= 11 is -5.82. The molecule has 0 spiro atoms. The molecule has 0 bridgehead atoms. The minimum absolute atomic E-state index is 0.661. The standard InChI is InChI=1S/2C19H15O.Cr.2O/c2*20-19(16-10-4-1-5-11-16,17-12-6-2-7-13-17)18-14-8-3-9-15-18;;;/h2*1-15H;;;/q2*-1;+2;;. The van der Waals surface area contributed by atoms with E-state index in [1.165, 1.54) is 0 Å². The van der Waals surface area contributed by atoms with E-state index in [1.54, 1.807) is 0 Å². The van der Waals surface area contributed by atoms with Crippen LogP contribution in [0.4, 0.5) is 0 Å². The van der Waals surface area contributed by atoms with Gasteiger partial charge in [0.2, 0.25) is 0 Å². The minimum atomic E-state index is -5.82. The third-order valence-corrected chi connectivity index (χ3v) is 8.95. The first kappa shape index (κ1) is 28.5. The van der Waals surface area contributed by atoms with Gasteiger partial charge in [-0.3, -0.25) is 0 Å². The molecule has 6 aromatic carbocycles. The molecule has 0 aliphatic carbocycles. The number of benzene rings is 6. The fraction of sp³-hybridized carbons (Fsp3) is 0.0526. The summed E-state index contributed by atoms with van der Waals surface area (Å²) in [5.41, 5.74) is 0.945. The van der Waals surface area contributed by atoms with E-state index in [-0.39, 0.29) is 0 Å². The van der Waals surface area contributed by atoms with E-state index in [9.17, 15) is 7.61 Å². The Morgan fingerprint density at radius 1 is 0.302 bits per heavy atom. The van der Waals surface area contributed by atoms with Crippen LogP contribution in [-0.2, 0) is 40.0 Å². The second-order valence-electron chi connectivity index (χ2n) is 10.1. The molecular formula is C38H30CrO4. The molecule has 0 aliphatic heterocycles. The second kappa shape index (κ2) is 12.3. The predicted molar refractivity (Wildman–Crippen MR) is 162 cm³/mol. The Kier molecular flexibility index (Phi) is 8.16. The van der Waals surface area contributed by atoms with E-state index in [1.807, 2.05) is 182 Å². The molecule has 0 unspecified atom stereocenters. The Hall–Kier alpha value is -4.63. The van der Waals surface area contributed by atoms with Gasteiger partial charge in [0.25, 0.3) is 0 Å². The topological polar surface area (TPSA) is 52.6 Å². The summed E-state index contributed by atoms with van der Waals surface area (Å²) in [7, 11) is 0. The van der Waals surface area contributed by atoms with Crippen molar-refractivity contribution in [3.63, 3.8) is 0 Å². The second-order valence-corrected chi connectivity index (χ2v) is 11.9. The SMILES string of the molecule is [O]=[Cr](=[O])([O]C(c1ccccc1)(c1ccccc1)c1ccccc1)[O]C(c1ccccc1)(c1ccccc1)c1ccccc1. The molecule has 0 saturated heterocycles. The Balaban J connectivity index is 1.60. The van der Waals surface area contributed by atoms with Crippen LogP contribution in [0.15, 0.2) is 182 Å². The van der Waals surface area contributed by atoms with Crippen LogP contribution in [0.2, 0.25) is 0 Å². The third kappa shape index (κ3) is 5.60. The maximum atomic E-state index is 14.7. The third-order valence-electron chi connectivity index (χ3n) is 7.54. The van der Waals surface area contributed by atoms with Crippen molar-refractivity contribution in [3.8, 4) is 0 Å². The first-order valence-corrected chi connectivity index (χ1v) is 16.1. The van der Waals surface area contributed by atoms with E-state index in [0.29, 0.717) is 33.4 Å². The van der Waals surface area contributed by atoms with Gasteiger partial charge < -0.3 is 0 Å². The van der Waals surface area contributed by atoms with Crippen molar-refractivity contribution < 1.29 is 28.8 Å². The van der Waals surface area contributed by atoms with E-state index in [4.69, 9.17) is 7.58 Å². The molecule has 0 fully saturated rings. The predicted octanol–water partition coefficient (Wildman–Crippen LogP) is 8.68. The average Bonchev–Trinajstić information content (AvgIpc) is 3.08. The van der Waals surface area contributed by atoms with Gasteiger partial charge in [-0.15, -0.1) is 0 Å². The van der Waals surface area contributed by atoms with Crippen LogP contribution in [0, 0.1) is 0 Å². The molecule has 0 aromatic heterocycles. The molecule has 0 saturated carbocycles. The molecule has 212 valence electrons. The van der Waals surface area contributed by atoms with Crippen molar-refractivity contribution in [2.75, 3.05) is 0 Å². The van der Waals surface area contributed by atoms with Crippen molar-refractivity contribution in [3.05, 3.63) is 215 Å². The summed E-state index contributed by atoms with van der Waals surface area (Å²) in [6.07, 6.45) is 0. The molecule has 0 amide bonds. The first-order valence-electron chi connectivity index (χ1n) is 14.0. The van der Waals surface area contributed by atoms with Gasteiger partial charge >= 0.3 is 255 Å². The summed E-state index contributed by atoms with van der Waals surface area (Å²) in [5, 5.41) is 0. The quantitative estimate of drug-likeness (QED) is 0.147. The number of rotatable bonds is 10. The van der Waals surface area contributed by atoms with Crippen LogP contribution >= 0.6 is 0 Å².